The summed E-state index contributed by atoms with van der Waals surface area (Å²) in [4.78, 5) is 20.9. The van der Waals surface area contributed by atoms with Crippen molar-refractivity contribution in [2.45, 2.75) is 19.9 Å². The maximum Gasteiger partial charge on any atom is 0.270 e. The first-order chi connectivity index (χ1) is 13.5. The Bertz CT molecular complexity index is 963. The molecule has 5 nitrogen and oxygen atoms in total. The van der Waals surface area contributed by atoms with Crippen LogP contribution in [0.4, 0.5) is 10.2 Å². The largest absolute Gasteiger partial charge is 0.366 e. The van der Waals surface area contributed by atoms with Crippen molar-refractivity contribution in [3.8, 4) is 0 Å². The van der Waals surface area contributed by atoms with Gasteiger partial charge in [-0.1, -0.05) is 35.9 Å². The number of hydrogen-bond acceptors (Lipinski definition) is 4. The molecule has 0 unspecified atom stereocenters. The first-order valence-electron chi connectivity index (χ1n) is 8.86. The van der Waals surface area contributed by atoms with Gasteiger partial charge >= 0.3 is 0 Å². The molecule has 1 aromatic heterocycles. The third-order valence-electron chi connectivity index (χ3n) is 4.05. The van der Waals surface area contributed by atoms with Gasteiger partial charge in [-0.15, -0.1) is 0 Å². The van der Waals surface area contributed by atoms with Crippen LogP contribution < -0.4 is 10.6 Å². The van der Waals surface area contributed by atoms with E-state index in [1.807, 2.05) is 24.3 Å². The summed E-state index contributed by atoms with van der Waals surface area (Å²) in [5, 5.41) is 6.67. The van der Waals surface area contributed by atoms with Gasteiger partial charge < -0.3 is 10.6 Å². The molecule has 0 spiro atoms. The number of rotatable bonds is 7. The Morgan fingerprint density at radius 1 is 1.07 bits per heavy atom. The molecule has 0 aliphatic heterocycles. The van der Waals surface area contributed by atoms with Crippen LogP contribution in [0, 0.1) is 12.7 Å². The van der Waals surface area contributed by atoms with Gasteiger partial charge in [0.2, 0.25) is 0 Å². The fraction of sp³-hybridized carbons (Fsp3) is 0.190. The third-order valence-corrected chi connectivity index (χ3v) is 4.28. The van der Waals surface area contributed by atoms with Crippen LogP contribution in [0.5, 0.6) is 0 Å². The van der Waals surface area contributed by atoms with Crippen LogP contribution in [0.1, 0.15) is 27.4 Å². The highest BCUT2D eigenvalue weighted by atomic mass is 35.5. The summed E-state index contributed by atoms with van der Waals surface area (Å²) >= 11 is 5.97. The predicted molar refractivity (Wildman–Crippen MR) is 108 cm³/mol. The van der Waals surface area contributed by atoms with Crippen LogP contribution in [0.15, 0.2) is 54.6 Å². The van der Waals surface area contributed by atoms with Crippen LogP contribution in [0.2, 0.25) is 5.02 Å². The number of carbonyl (C=O) groups is 1. The molecular weight excluding hydrogens is 379 g/mol. The number of carbonyl (C=O) groups excluding carboxylic acids is 1. The van der Waals surface area contributed by atoms with Crippen molar-refractivity contribution in [3.05, 3.63) is 88.1 Å². The topological polar surface area (TPSA) is 66.9 Å². The number of benzene rings is 2. The highest BCUT2D eigenvalue weighted by Gasteiger charge is 2.10. The molecule has 0 radical (unpaired) electrons. The molecule has 1 amide bonds. The van der Waals surface area contributed by atoms with E-state index in [1.165, 1.54) is 12.1 Å². The van der Waals surface area contributed by atoms with Crippen LogP contribution in [0.3, 0.4) is 0 Å². The number of halogens is 2. The van der Waals surface area contributed by atoms with Gasteiger partial charge in [-0.05, 0) is 48.7 Å². The van der Waals surface area contributed by atoms with Gasteiger partial charge in [0.25, 0.3) is 5.91 Å². The minimum atomic E-state index is -0.279. The first-order valence-corrected chi connectivity index (χ1v) is 9.24. The Hall–Kier alpha value is -2.99. The number of amides is 1. The average Bonchev–Trinajstić information content (AvgIpc) is 2.67. The molecule has 2 N–H and O–H groups in total. The third kappa shape index (κ3) is 5.76. The molecular formula is C21H20ClFN4O. The van der Waals surface area contributed by atoms with Crippen LogP contribution in [-0.2, 0) is 13.0 Å². The van der Waals surface area contributed by atoms with Crippen molar-refractivity contribution in [1.82, 2.24) is 15.3 Å². The predicted octanol–water partition coefficient (Wildman–Crippen LogP) is 4.16. The zero-order chi connectivity index (χ0) is 19.9. The summed E-state index contributed by atoms with van der Waals surface area (Å²) in [6, 6.07) is 15.3. The molecule has 7 heteroatoms. The van der Waals surface area contributed by atoms with Gasteiger partial charge in [-0.3, -0.25) is 4.79 Å². The molecule has 3 aromatic rings. The Morgan fingerprint density at radius 2 is 1.86 bits per heavy atom. The molecule has 2 aromatic carbocycles. The maximum atomic E-state index is 13.0. The summed E-state index contributed by atoms with van der Waals surface area (Å²) in [6.45, 7) is 2.67. The molecule has 3 rings (SSSR count). The lowest BCUT2D eigenvalue weighted by Gasteiger charge is -2.09. The standard InChI is InChI=1S/C21H20ClFN4O/c1-14-26-19(21(28)24-10-9-15-3-2-4-17(22)11-15)12-20(27-14)25-13-16-5-7-18(23)8-6-16/h2-8,11-12H,9-10,13H2,1H3,(H,24,28)(H,25,26,27). The van der Waals surface area contributed by atoms with Crippen LogP contribution >= 0.6 is 11.6 Å². The SMILES string of the molecule is Cc1nc(NCc2ccc(F)cc2)cc(C(=O)NCCc2cccc(Cl)c2)n1. The van der Waals surface area contributed by atoms with Gasteiger partial charge in [-0.2, -0.15) is 0 Å². The van der Waals surface area contributed by atoms with Crippen molar-refractivity contribution < 1.29 is 9.18 Å². The number of hydrogen-bond donors (Lipinski definition) is 2. The second kappa shape index (κ2) is 9.28. The molecule has 144 valence electrons. The van der Waals surface area contributed by atoms with E-state index in [4.69, 9.17) is 11.6 Å². The van der Waals surface area contributed by atoms with E-state index in [0.29, 0.717) is 41.9 Å². The summed E-state index contributed by atoms with van der Waals surface area (Å²) in [6.07, 6.45) is 0.673. The van der Waals surface area contributed by atoms with Crippen molar-refractivity contribution >= 4 is 23.3 Å². The van der Waals surface area contributed by atoms with Crippen molar-refractivity contribution in [3.63, 3.8) is 0 Å². The van der Waals surface area contributed by atoms with E-state index in [1.54, 1.807) is 25.1 Å². The molecule has 0 fully saturated rings. The fourth-order valence-electron chi connectivity index (χ4n) is 2.67. The molecule has 0 saturated heterocycles. The maximum absolute atomic E-state index is 13.0. The number of nitrogens with one attached hydrogen (secondary N) is 2. The van der Waals surface area contributed by atoms with Crippen molar-refractivity contribution in [2.24, 2.45) is 0 Å². The second-order valence-electron chi connectivity index (χ2n) is 6.30. The fourth-order valence-corrected chi connectivity index (χ4v) is 2.89. The van der Waals surface area contributed by atoms with Crippen molar-refractivity contribution in [2.75, 3.05) is 11.9 Å². The van der Waals surface area contributed by atoms with Crippen LogP contribution in [0.25, 0.3) is 0 Å². The van der Waals surface area contributed by atoms with Crippen molar-refractivity contribution in [1.29, 1.82) is 0 Å². The Morgan fingerprint density at radius 3 is 2.61 bits per heavy atom. The summed E-state index contributed by atoms with van der Waals surface area (Å²) in [5.74, 6) is 0.483. The van der Waals surface area contributed by atoms with E-state index >= 15 is 0 Å². The van der Waals surface area contributed by atoms with Gasteiger partial charge in [0.05, 0.1) is 0 Å². The number of anilines is 1. The highest BCUT2D eigenvalue weighted by Crippen LogP contribution is 2.12. The summed E-state index contributed by atoms with van der Waals surface area (Å²) in [5.41, 5.74) is 2.25. The number of aryl methyl sites for hydroxylation is 1. The zero-order valence-electron chi connectivity index (χ0n) is 15.4. The Kier molecular flexibility index (Phi) is 6.55. The highest BCUT2D eigenvalue weighted by molar-refractivity contribution is 6.30. The van der Waals surface area contributed by atoms with E-state index in [0.717, 1.165) is 11.1 Å². The number of aromatic nitrogens is 2. The lowest BCUT2D eigenvalue weighted by atomic mass is 10.1. The van der Waals surface area contributed by atoms with Gasteiger partial charge in [0, 0.05) is 24.2 Å². The average molecular weight is 399 g/mol. The van der Waals surface area contributed by atoms with Crippen LogP contribution in [-0.4, -0.2) is 22.4 Å². The Balaban J connectivity index is 1.58. The quantitative estimate of drug-likeness (QED) is 0.627. The molecule has 0 aliphatic carbocycles. The molecule has 28 heavy (non-hydrogen) atoms. The van der Waals surface area contributed by atoms with E-state index in [-0.39, 0.29) is 11.7 Å². The Labute approximate surface area is 168 Å². The van der Waals surface area contributed by atoms with E-state index < -0.39 is 0 Å². The first kappa shape index (κ1) is 19.8. The molecule has 1 heterocycles. The van der Waals surface area contributed by atoms with Gasteiger partial charge in [0.1, 0.15) is 23.2 Å². The summed E-state index contributed by atoms with van der Waals surface area (Å²) < 4.78 is 13.0. The lowest BCUT2D eigenvalue weighted by Crippen LogP contribution is -2.27. The molecule has 0 aliphatic rings. The minimum absolute atomic E-state index is 0.266. The van der Waals surface area contributed by atoms with Gasteiger partial charge in [-0.25, -0.2) is 14.4 Å². The normalized spacial score (nSPS) is 10.5. The molecule has 0 saturated carbocycles. The monoisotopic (exact) mass is 398 g/mol. The lowest BCUT2D eigenvalue weighted by molar-refractivity contribution is 0.0949. The minimum Gasteiger partial charge on any atom is -0.366 e. The smallest absolute Gasteiger partial charge is 0.270 e. The zero-order valence-corrected chi connectivity index (χ0v) is 16.1. The summed E-state index contributed by atoms with van der Waals surface area (Å²) in [7, 11) is 0. The van der Waals surface area contributed by atoms with E-state index in [2.05, 4.69) is 20.6 Å². The van der Waals surface area contributed by atoms with E-state index in [9.17, 15) is 9.18 Å². The molecule has 0 atom stereocenters. The van der Waals surface area contributed by atoms with Gasteiger partial charge in [0.15, 0.2) is 0 Å². The molecule has 0 bridgehead atoms. The second-order valence-corrected chi connectivity index (χ2v) is 6.74. The number of nitrogens with zero attached hydrogens (tertiary/aromatic N) is 2.